The SMILES string of the molecule is C=C=NC(C)C(C)C. The molecule has 1 nitrogen and oxygen atoms in total. The summed E-state index contributed by atoms with van der Waals surface area (Å²) >= 11 is 0. The average Bonchev–Trinajstić information content (AvgIpc) is 1.67. The number of rotatable bonds is 2. The molecule has 0 spiro atoms. The molecular weight excluding hydrogens is 98.1 g/mol. The zero-order chi connectivity index (χ0) is 6.57. The largest absolute Gasteiger partial charge is 0.240 e. The molecule has 0 aromatic heterocycles. The van der Waals surface area contributed by atoms with E-state index in [0.29, 0.717) is 12.0 Å². The zero-order valence-corrected chi connectivity index (χ0v) is 5.81. The molecule has 0 radical (unpaired) electrons. The molecular formula is C7H13N. The van der Waals surface area contributed by atoms with Crippen molar-refractivity contribution >= 4 is 5.87 Å². The van der Waals surface area contributed by atoms with Gasteiger partial charge in [0.05, 0.1) is 6.04 Å². The van der Waals surface area contributed by atoms with Gasteiger partial charge in [-0.2, -0.15) is 0 Å². The molecule has 0 saturated heterocycles. The summed E-state index contributed by atoms with van der Waals surface area (Å²) in [6.07, 6.45) is 0. The van der Waals surface area contributed by atoms with E-state index >= 15 is 0 Å². The maximum absolute atomic E-state index is 3.96. The summed E-state index contributed by atoms with van der Waals surface area (Å²) in [6.45, 7) is 9.71. The van der Waals surface area contributed by atoms with Crippen LogP contribution in [0.1, 0.15) is 20.8 Å². The Labute approximate surface area is 51.1 Å². The van der Waals surface area contributed by atoms with Crippen molar-refractivity contribution in [1.29, 1.82) is 0 Å². The van der Waals surface area contributed by atoms with E-state index < -0.39 is 0 Å². The van der Waals surface area contributed by atoms with Crippen LogP contribution in [0.5, 0.6) is 0 Å². The Morgan fingerprint density at radius 1 is 1.38 bits per heavy atom. The summed E-state index contributed by atoms with van der Waals surface area (Å²) in [6, 6.07) is 0.368. The standard InChI is InChI=1S/C7H13N/c1-5-8-7(4)6(2)3/h6-7H,1H2,2-4H3. The van der Waals surface area contributed by atoms with E-state index in [2.05, 4.69) is 38.2 Å². The lowest BCUT2D eigenvalue weighted by molar-refractivity contribution is 0.533. The summed E-state index contributed by atoms with van der Waals surface area (Å²) in [5.74, 6) is 3.12. The molecule has 0 amide bonds. The third kappa shape index (κ3) is 2.59. The molecule has 0 aliphatic carbocycles. The van der Waals surface area contributed by atoms with Crippen molar-refractivity contribution in [3.05, 3.63) is 6.58 Å². The lowest BCUT2D eigenvalue weighted by Crippen LogP contribution is -2.05. The van der Waals surface area contributed by atoms with E-state index in [0.717, 1.165) is 0 Å². The van der Waals surface area contributed by atoms with Gasteiger partial charge in [-0.3, -0.25) is 0 Å². The van der Waals surface area contributed by atoms with Crippen molar-refractivity contribution in [2.24, 2.45) is 10.9 Å². The predicted octanol–water partition coefficient (Wildman–Crippen LogP) is 1.89. The normalized spacial score (nSPS) is 13.0. The van der Waals surface area contributed by atoms with Crippen molar-refractivity contribution in [2.45, 2.75) is 26.8 Å². The molecule has 0 heterocycles. The molecule has 8 heavy (non-hydrogen) atoms. The van der Waals surface area contributed by atoms with E-state index in [9.17, 15) is 0 Å². The minimum atomic E-state index is 0.368. The van der Waals surface area contributed by atoms with Crippen LogP contribution in [0.3, 0.4) is 0 Å². The van der Waals surface area contributed by atoms with Gasteiger partial charge in [0.2, 0.25) is 0 Å². The molecule has 1 unspecified atom stereocenters. The Balaban J connectivity index is 3.63. The third-order valence-electron chi connectivity index (χ3n) is 1.26. The average molecular weight is 111 g/mol. The van der Waals surface area contributed by atoms with Crippen LogP contribution in [-0.2, 0) is 0 Å². The Kier molecular flexibility index (Phi) is 3.21. The first kappa shape index (κ1) is 7.45. The van der Waals surface area contributed by atoms with Gasteiger partial charge in [0.1, 0.15) is 0 Å². The van der Waals surface area contributed by atoms with Crippen molar-refractivity contribution in [3.63, 3.8) is 0 Å². The first-order valence-electron chi connectivity index (χ1n) is 2.90. The Morgan fingerprint density at radius 3 is 2.00 bits per heavy atom. The Morgan fingerprint density at radius 2 is 1.88 bits per heavy atom. The van der Waals surface area contributed by atoms with Crippen LogP contribution in [0.4, 0.5) is 0 Å². The maximum atomic E-state index is 3.96. The molecule has 46 valence electrons. The van der Waals surface area contributed by atoms with Crippen molar-refractivity contribution in [1.82, 2.24) is 0 Å². The fourth-order valence-electron chi connectivity index (χ4n) is 0.293. The maximum Gasteiger partial charge on any atom is 0.0588 e. The molecule has 1 heteroatoms. The predicted molar refractivity (Wildman–Crippen MR) is 37.4 cm³/mol. The topological polar surface area (TPSA) is 12.4 Å². The molecule has 0 aromatic rings. The van der Waals surface area contributed by atoms with Gasteiger partial charge >= 0.3 is 0 Å². The summed E-state index contributed by atoms with van der Waals surface area (Å²) in [7, 11) is 0. The number of hydrogen-bond donors (Lipinski definition) is 0. The minimum Gasteiger partial charge on any atom is -0.240 e. The molecule has 1 atom stereocenters. The molecule has 0 aliphatic rings. The Bertz CT molecular complexity index is 99.0. The van der Waals surface area contributed by atoms with Gasteiger partial charge in [0.25, 0.3) is 0 Å². The molecule has 0 aliphatic heterocycles. The van der Waals surface area contributed by atoms with Crippen LogP contribution in [0.2, 0.25) is 0 Å². The highest BCUT2D eigenvalue weighted by molar-refractivity contribution is 5.46. The van der Waals surface area contributed by atoms with Crippen LogP contribution >= 0.6 is 0 Å². The summed E-state index contributed by atoms with van der Waals surface area (Å²) in [5, 5.41) is 0. The smallest absolute Gasteiger partial charge is 0.0588 e. The highest BCUT2D eigenvalue weighted by atomic mass is 14.7. The molecule has 0 aromatic carbocycles. The number of nitrogens with zero attached hydrogens (tertiary/aromatic N) is 1. The summed E-state index contributed by atoms with van der Waals surface area (Å²) in [4.78, 5) is 3.96. The molecule has 0 rings (SSSR count). The second-order valence-corrected chi connectivity index (χ2v) is 2.27. The van der Waals surface area contributed by atoms with Gasteiger partial charge in [-0.15, -0.1) is 0 Å². The third-order valence-corrected chi connectivity index (χ3v) is 1.26. The fraction of sp³-hybridized carbons (Fsp3) is 0.714. The van der Waals surface area contributed by atoms with Crippen LogP contribution < -0.4 is 0 Å². The summed E-state index contributed by atoms with van der Waals surface area (Å²) in [5.41, 5.74) is 0. The summed E-state index contributed by atoms with van der Waals surface area (Å²) < 4.78 is 0. The van der Waals surface area contributed by atoms with Gasteiger partial charge < -0.3 is 0 Å². The second-order valence-electron chi connectivity index (χ2n) is 2.27. The van der Waals surface area contributed by atoms with Crippen LogP contribution in [-0.4, -0.2) is 11.9 Å². The van der Waals surface area contributed by atoms with E-state index in [1.807, 2.05) is 0 Å². The van der Waals surface area contributed by atoms with Crippen LogP contribution in [0, 0.1) is 5.92 Å². The molecule has 0 fully saturated rings. The molecule has 0 N–H and O–H groups in total. The quantitative estimate of drug-likeness (QED) is 0.482. The van der Waals surface area contributed by atoms with Gasteiger partial charge in [0.15, 0.2) is 0 Å². The molecule has 0 saturated carbocycles. The van der Waals surface area contributed by atoms with Crippen molar-refractivity contribution in [3.8, 4) is 0 Å². The van der Waals surface area contributed by atoms with Gasteiger partial charge in [-0.25, -0.2) is 4.99 Å². The van der Waals surface area contributed by atoms with Crippen LogP contribution in [0.15, 0.2) is 11.6 Å². The lowest BCUT2D eigenvalue weighted by atomic mass is 10.1. The number of hydrogen-bond acceptors (Lipinski definition) is 1. The minimum absolute atomic E-state index is 0.368. The monoisotopic (exact) mass is 111 g/mol. The highest BCUT2D eigenvalue weighted by Gasteiger charge is 2.01. The van der Waals surface area contributed by atoms with Crippen LogP contribution in [0.25, 0.3) is 0 Å². The lowest BCUT2D eigenvalue weighted by Gasteiger charge is -2.06. The zero-order valence-electron chi connectivity index (χ0n) is 5.81. The first-order chi connectivity index (χ1) is 3.68. The van der Waals surface area contributed by atoms with Crippen molar-refractivity contribution in [2.75, 3.05) is 0 Å². The fourth-order valence-corrected chi connectivity index (χ4v) is 0.293. The van der Waals surface area contributed by atoms with Crippen molar-refractivity contribution < 1.29 is 0 Å². The van der Waals surface area contributed by atoms with E-state index in [4.69, 9.17) is 0 Å². The second kappa shape index (κ2) is 3.45. The van der Waals surface area contributed by atoms with E-state index in [1.165, 1.54) is 0 Å². The van der Waals surface area contributed by atoms with Gasteiger partial charge in [-0.1, -0.05) is 13.8 Å². The highest BCUT2D eigenvalue weighted by Crippen LogP contribution is 2.02. The van der Waals surface area contributed by atoms with Gasteiger partial charge in [0, 0.05) is 0 Å². The van der Waals surface area contributed by atoms with E-state index in [-0.39, 0.29) is 0 Å². The van der Waals surface area contributed by atoms with E-state index in [1.54, 1.807) is 0 Å². The van der Waals surface area contributed by atoms with Gasteiger partial charge in [-0.05, 0) is 25.3 Å². The Hall–Kier alpha value is -0.550. The number of aliphatic imine (C=N–C) groups is 1. The first-order valence-corrected chi connectivity index (χ1v) is 2.90. The molecule has 0 bridgehead atoms.